The zero-order chi connectivity index (χ0) is 14.2. The number of hydrogen-bond acceptors (Lipinski definition) is 1. The molecule has 0 spiro atoms. The van der Waals surface area contributed by atoms with E-state index in [1.807, 2.05) is 30.3 Å². The first-order valence-corrected chi connectivity index (χ1v) is 6.82. The molecule has 0 saturated heterocycles. The van der Waals surface area contributed by atoms with Crippen LogP contribution in [0.3, 0.4) is 0 Å². The van der Waals surface area contributed by atoms with Crippen LogP contribution in [-0.2, 0) is 5.41 Å². The molecule has 1 unspecified atom stereocenters. The highest BCUT2D eigenvalue weighted by Crippen LogP contribution is 2.52. The molecule has 20 heavy (non-hydrogen) atoms. The van der Waals surface area contributed by atoms with Crippen molar-refractivity contribution in [2.75, 3.05) is 0 Å². The molecular weight excluding hydrogens is 258 g/mol. The molecule has 1 aliphatic rings. The monoisotopic (exact) mass is 274 g/mol. The first kappa shape index (κ1) is 13.3. The van der Waals surface area contributed by atoms with Crippen LogP contribution in [0.4, 0.5) is 8.78 Å². The van der Waals surface area contributed by atoms with Crippen LogP contribution in [-0.4, -0.2) is 5.11 Å². The molecule has 2 aromatic carbocycles. The Balaban J connectivity index is 2.03. The van der Waals surface area contributed by atoms with Gasteiger partial charge < -0.3 is 5.11 Å². The summed E-state index contributed by atoms with van der Waals surface area (Å²) in [5.41, 5.74) is 0.548. The number of rotatable bonds is 3. The maximum Gasteiger partial charge on any atom is 0.129 e. The summed E-state index contributed by atoms with van der Waals surface area (Å²) in [6, 6.07) is 12.9. The molecule has 0 radical (unpaired) electrons. The second-order valence-electron chi connectivity index (χ2n) is 5.44. The van der Waals surface area contributed by atoms with Crippen molar-refractivity contribution in [3.05, 3.63) is 71.3 Å². The minimum Gasteiger partial charge on any atom is -0.387 e. The van der Waals surface area contributed by atoms with Crippen LogP contribution in [0.1, 0.15) is 36.5 Å². The molecule has 3 rings (SSSR count). The summed E-state index contributed by atoms with van der Waals surface area (Å²) in [7, 11) is 0. The zero-order valence-corrected chi connectivity index (χ0v) is 11.0. The Bertz CT molecular complexity index is 606. The molecule has 1 nitrogen and oxygen atoms in total. The van der Waals surface area contributed by atoms with Crippen molar-refractivity contribution >= 4 is 0 Å². The van der Waals surface area contributed by atoms with Gasteiger partial charge in [-0.25, -0.2) is 8.78 Å². The van der Waals surface area contributed by atoms with Crippen molar-refractivity contribution in [1.29, 1.82) is 0 Å². The molecule has 1 saturated carbocycles. The maximum absolute atomic E-state index is 13.9. The molecule has 0 amide bonds. The lowest BCUT2D eigenvalue weighted by molar-refractivity contribution is 0.0241. The summed E-state index contributed by atoms with van der Waals surface area (Å²) in [6.07, 6.45) is 1.54. The second-order valence-corrected chi connectivity index (χ2v) is 5.44. The van der Waals surface area contributed by atoms with Gasteiger partial charge in [0.2, 0.25) is 0 Å². The lowest BCUT2D eigenvalue weighted by Gasteiger charge is -2.46. The van der Waals surface area contributed by atoms with E-state index in [4.69, 9.17) is 0 Å². The number of aliphatic hydroxyl groups is 1. The Kier molecular flexibility index (Phi) is 3.30. The third-order valence-corrected chi connectivity index (χ3v) is 4.37. The van der Waals surface area contributed by atoms with Gasteiger partial charge in [-0.05, 0) is 36.6 Å². The third kappa shape index (κ3) is 2.02. The second kappa shape index (κ2) is 4.98. The molecule has 0 aromatic heterocycles. The highest BCUT2D eigenvalue weighted by molar-refractivity contribution is 5.35. The highest BCUT2D eigenvalue weighted by atomic mass is 19.1. The van der Waals surface area contributed by atoms with Crippen molar-refractivity contribution in [2.24, 2.45) is 0 Å². The van der Waals surface area contributed by atoms with Crippen molar-refractivity contribution in [3.8, 4) is 0 Å². The highest BCUT2D eigenvalue weighted by Gasteiger charge is 2.46. The van der Waals surface area contributed by atoms with Crippen LogP contribution in [0.25, 0.3) is 0 Å². The number of benzene rings is 2. The first-order valence-electron chi connectivity index (χ1n) is 6.82. The number of halogens is 2. The van der Waals surface area contributed by atoms with Gasteiger partial charge in [-0.2, -0.15) is 0 Å². The lowest BCUT2D eigenvalue weighted by atomic mass is 9.60. The first-order chi connectivity index (χ1) is 9.63. The molecule has 0 heterocycles. The average Bonchev–Trinajstić information content (AvgIpc) is 2.41. The fraction of sp³-hybridized carbons (Fsp3) is 0.294. The zero-order valence-electron chi connectivity index (χ0n) is 11.0. The predicted octanol–water partition coefficient (Wildman–Crippen LogP) is 4.12. The van der Waals surface area contributed by atoms with E-state index in [1.54, 1.807) is 0 Å². The molecule has 0 bridgehead atoms. The van der Waals surface area contributed by atoms with Crippen LogP contribution in [0.5, 0.6) is 0 Å². The number of aliphatic hydroxyl groups excluding tert-OH is 1. The van der Waals surface area contributed by atoms with Gasteiger partial charge in [0.15, 0.2) is 0 Å². The van der Waals surface area contributed by atoms with E-state index in [-0.39, 0.29) is 5.56 Å². The standard InChI is InChI=1S/C17H16F2O/c18-13-7-8-15(19)14(11-13)16(20)17(9-4-10-17)12-5-2-1-3-6-12/h1-3,5-8,11,16,20H,4,9-10H2. The summed E-state index contributed by atoms with van der Waals surface area (Å²) in [5.74, 6) is -1.08. The normalized spacial score (nSPS) is 18.4. The van der Waals surface area contributed by atoms with E-state index in [0.717, 1.165) is 43.0 Å². The SMILES string of the molecule is OC(c1cc(F)ccc1F)C1(c2ccccc2)CCC1. The Morgan fingerprint density at radius 2 is 1.70 bits per heavy atom. The summed E-state index contributed by atoms with van der Waals surface area (Å²) >= 11 is 0. The fourth-order valence-corrected chi connectivity index (χ4v) is 3.07. The van der Waals surface area contributed by atoms with Crippen molar-refractivity contribution < 1.29 is 13.9 Å². The van der Waals surface area contributed by atoms with Gasteiger partial charge in [0.05, 0.1) is 6.10 Å². The maximum atomic E-state index is 13.9. The van der Waals surface area contributed by atoms with Crippen LogP contribution < -0.4 is 0 Å². The van der Waals surface area contributed by atoms with Crippen LogP contribution in [0.2, 0.25) is 0 Å². The minimum atomic E-state index is -1.02. The van der Waals surface area contributed by atoms with Gasteiger partial charge in [0.1, 0.15) is 11.6 Å². The molecular formula is C17H16F2O. The van der Waals surface area contributed by atoms with Crippen LogP contribution >= 0.6 is 0 Å². The Hall–Kier alpha value is -1.74. The predicted molar refractivity (Wildman–Crippen MR) is 73.3 cm³/mol. The molecule has 1 atom stereocenters. The smallest absolute Gasteiger partial charge is 0.129 e. The van der Waals surface area contributed by atoms with E-state index in [0.29, 0.717) is 0 Å². The van der Waals surface area contributed by atoms with Crippen LogP contribution in [0.15, 0.2) is 48.5 Å². The number of hydrogen-bond donors (Lipinski definition) is 1. The lowest BCUT2D eigenvalue weighted by Crippen LogP contribution is -2.40. The van der Waals surface area contributed by atoms with Crippen molar-refractivity contribution in [3.63, 3.8) is 0 Å². The quantitative estimate of drug-likeness (QED) is 0.892. The molecule has 3 heteroatoms. The summed E-state index contributed by atoms with van der Waals surface area (Å²) < 4.78 is 27.2. The average molecular weight is 274 g/mol. The van der Waals surface area contributed by atoms with Crippen molar-refractivity contribution in [2.45, 2.75) is 30.8 Å². The van der Waals surface area contributed by atoms with Gasteiger partial charge in [-0.3, -0.25) is 0 Å². The van der Waals surface area contributed by atoms with Gasteiger partial charge in [-0.1, -0.05) is 36.8 Å². The Morgan fingerprint density at radius 3 is 2.30 bits per heavy atom. The fourth-order valence-electron chi connectivity index (χ4n) is 3.07. The van der Waals surface area contributed by atoms with E-state index in [2.05, 4.69) is 0 Å². The van der Waals surface area contributed by atoms with E-state index in [1.165, 1.54) is 0 Å². The van der Waals surface area contributed by atoms with E-state index >= 15 is 0 Å². The Morgan fingerprint density at radius 1 is 1.00 bits per heavy atom. The van der Waals surface area contributed by atoms with Crippen LogP contribution in [0, 0.1) is 11.6 Å². The summed E-state index contributed by atoms with van der Waals surface area (Å²) in [5, 5.41) is 10.6. The van der Waals surface area contributed by atoms with Gasteiger partial charge in [0.25, 0.3) is 0 Å². The van der Waals surface area contributed by atoms with E-state index < -0.39 is 23.2 Å². The van der Waals surface area contributed by atoms with Gasteiger partial charge >= 0.3 is 0 Å². The van der Waals surface area contributed by atoms with Crippen molar-refractivity contribution in [1.82, 2.24) is 0 Å². The molecule has 104 valence electrons. The van der Waals surface area contributed by atoms with Gasteiger partial charge in [-0.15, -0.1) is 0 Å². The Labute approximate surface area is 116 Å². The minimum absolute atomic E-state index is 0.0496. The largest absolute Gasteiger partial charge is 0.387 e. The molecule has 1 aliphatic carbocycles. The third-order valence-electron chi connectivity index (χ3n) is 4.37. The molecule has 2 aromatic rings. The van der Waals surface area contributed by atoms with E-state index in [9.17, 15) is 13.9 Å². The van der Waals surface area contributed by atoms with Gasteiger partial charge in [0, 0.05) is 11.0 Å². The summed E-state index contributed by atoms with van der Waals surface area (Å²) in [4.78, 5) is 0. The molecule has 1 fully saturated rings. The topological polar surface area (TPSA) is 20.2 Å². The molecule has 0 aliphatic heterocycles. The molecule has 1 N–H and O–H groups in total. The summed E-state index contributed by atoms with van der Waals surface area (Å²) in [6.45, 7) is 0.